The van der Waals surface area contributed by atoms with Gasteiger partial charge in [-0.2, -0.15) is 20.5 Å². The van der Waals surface area contributed by atoms with Crippen LogP contribution in [0.5, 0.6) is 0 Å². The maximum absolute atomic E-state index is 9.67. The quantitative estimate of drug-likeness (QED) is 0.197. The molecule has 0 atom stereocenters. The van der Waals surface area contributed by atoms with Crippen molar-refractivity contribution in [3.8, 4) is 46.5 Å². The maximum atomic E-state index is 9.67. The van der Waals surface area contributed by atoms with Crippen LogP contribution in [-0.4, -0.2) is 24.1 Å². The summed E-state index contributed by atoms with van der Waals surface area (Å²) in [4.78, 5) is 15.1. The number of para-hydroxylation sites is 3. The van der Waals surface area contributed by atoms with E-state index in [9.17, 15) is 10.5 Å². The number of rotatable bonds is 4. The molecule has 0 saturated heterocycles. The Morgan fingerprint density at radius 2 is 1.04 bits per heavy atom. The number of benzene rings is 6. The lowest BCUT2D eigenvalue weighted by Gasteiger charge is -2.12. The highest BCUT2D eigenvalue weighted by Crippen LogP contribution is 2.41. The van der Waals surface area contributed by atoms with Crippen molar-refractivity contribution in [2.45, 2.75) is 0 Å². The van der Waals surface area contributed by atoms with E-state index in [-0.39, 0.29) is 0 Å². The molecule has 0 saturated carbocycles. The van der Waals surface area contributed by atoms with Crippen LogP contribution in [0.25, 0.3) is 78.0 Å². The zero-order valence-corrected chi connectivity index (χ0v) is 25.4. The minimum atomic E-state index is 0.430. The first-order chi connectivity index (χ1) is 23.7. The highest BCUT2D eigenvalue weighted by atomic mass is 15.2. The SMILES string of the molecule is N#Cc1cccc(-c2nc(-c3cccc(C#N)c3)nc(-n3c4ccccc4c4ccc5c(c6ccccc6n5-c5ccccc5)c43)n2)c1. The molecule has 0 amide bonds. The minimum absolute atomic E-state index is 0.430. The van der Waals surface area contributed by atoms with E-state index in [1.165, 1.54) is 0 Å². The van der Waals surface area contributed by atoms with Gasteiger partial charge in [0.05, 0.1) is 45.3 Å². The van der Waals surface area contributed by atoms with Gasteiger partial charge in [-0.05, 0) is 54.6 Å². The number of hydrogen-bond donors (Lipinski definition) is 0. The van der Waals surface area contributed by atoms with Crippen LogP contribution >= 0.6 is 0 Å². The Morgan fingerprint density at radius 1 is 0.458 bits per heavy atom. The lowest BCUT2D eigenvalue weighted by atomic mass is 10.1. The lowest BCUT2D eigenvalue weighted by molar-refractivity contribution is 0.955. The molecule has 222 valence electrons. The Labute approximate surface area is 274 Å². The molecule has 0 spiro atoms. The number of nitrogens with zero attached hydrogens (tertiary/aromatic N) is 7. The van der Waals surface area contributed by atoms with E-state index in [1.54, 1.807) is 24.3 Å². The zero-order valence-electron chi connectivity index (χ0n) is 25.4. The van der Waals surface area contributed by atoms with Crippen LogP contribution in [0.2, 0.25) is 0 Å². The molecule has 0 aliphatic rings. The summed E-state index contributed by atoms with van der Waals surface area (Å²) < 4.78 is 4.43. The second-order valence-corrected chi connectivity index (χ2v) is 11.6. The van der Waals surface area contributed by atoms with Crippen LogP contribution in [-0.2, 0) is 0 Å². The summed E-state index contributed by atoms with van der Waals surface area (Å²) in [5.41, 5.74) is 7.59. The Bertz CT molecular complexity index is 2740. The van der Waals surface area contributed by atoms with Gasteiger partial charge in [0.25, 0.3) is 0 Å². The van der Waals surface area contributed by atoms with Crippen LogP contribution in [0.3, 0.4) is 0 Å². The fourth-order valence-corrected chi connectivity index (χ4v) is 6.75. The third kappa shape index (κ3) is 4.16. The largest absolute Gasteiger partial charge is 0.309 e. The predicted octanol–water partition coefficient (Wildman–Crippen LogP) is 9.14. The van der Waals surface area contributed by atoms with Gasteiger partial charge in [0, 0.05) is 38.4 Å². The molecular weight excluding hydrogens is 591 g/mol. The molecule has 0 unspecified atom stereocenters. The topological polar surface area (TPSA) is 96.1 Å². The van der Waals surface area contributed by atoms with Crippen molar-refractivity contribution >= 4 is 43.6 Å². The van der Waals surface area contributed by atoms with Gasteiger partial charge < -0.3 is 4.57 Å². The number of fused-ring (bicyclic) bond motifs is 7. The number of aromatic nitrogens is 5. The molecule has 3 aromatic heterocycles. The lowest BCUT2D eigenvalue weighted by Crippen LogP contribution is -2.06. The van der Waals surface area contributed by atoms with Crippen LogP contribution in [0.1, 0.15) is 11.1 Å². The molecule has 0 aliphatic heterocycles. The molecule has 0 bridgehead atoms. The Hall–Kier alpha value is -7.09. The average molecular weight is 614 g/mol. The van der Waals surface area contributed by atoms with Gasteiger partial charge in [0.1, 0.15) is 0 Å². The molecule has 7 heteroatoms. The van der Waals surface area contributed by atoms with E-state index in [0.717, 1.165) is 49.3 Å². The van der Waals surface area contributed by atoms with Gasteiger partial charge >= 0.3 is 0 Å². The fourth-order valence-electron chi connectivity index (χ4n) is 6.75. The normalized spacial score (nSPS) is 11.3. The molecule has 9 aromatic rings. The van der Waals surface area contributed by atoms with Crippen molar-refractivity contribution in [2.24, 2.45) is 0 Å². The molecule has 0 radical (unpaired) electrons. The molecule has 48 heavy (non-hydrogen) atoms. The summed E-state index contributed by atoms with van der Waals surface area (Å²) in [5, 5.41) is 23.7. The molecular formula is C41H23N7. The number of hydrogen-bond acceptors (Lipinski definition) is 5. The summed E-state index contributed by atoms with van der Waals surface area (Å²) in [6.07, 6.45) is 0. The van der Waals surface area contributed by atoms with Gasteiger partial charge in [0.15, 0.2) is 11.6 Å². The molecule has 0 fully saturated rings. The van der Waals surface area contributed by atoms with Crippen molar-refractivity contribution < 1.29 is 0 Å². The fraction of sp³-hybridized carbons (Fsp3) is 0. The summed E-state index contributed by atoms with van der Waals surface area (Å²) in [6, 6.07) is 50.5. The Kier molecular flexibility index (Phi) is 6.11. The Balaban J connectivity index is 1.44. The second kappa shape index (κ2) is 10.8. The van der Waals surface area contributed by atoms with Crippen molar-refractivity contribution in [1.29, 1.82) is 10.5 Å². The van der Waals surface area contributed by atoms with Crippen molar-refractivity contribution in [2.75, 3.05) is 0 Å². The Morgan fingerprint density at radius 3 is 1.69 bits per heavy atom. The first-order valence-corrected chi connectivity index (χ1v) is 15.5. The van der Waals surface area contributed by atoms with E-state index >= 15 is 0 Å². The van der Waals surface area contributed by atoms with Crippen molar-refractivity contribution in [3.05, 3.63) is 151 Å². The average Bonchev–Trinajstić information content (AvgIpc) is 3.68. The van der Waals surface area contributed by atoms with E-state index in [0.29, 0.717) is 39.9 Å². The van der Waals surface area contributed by atoms with E-state index in [1.807, 2.05) is 36.4 Å². The summed E-state index contributed by atoms with van der Waals surface area (Å²) >= 11 is 0. The number of nitriles is 2. The standard InChI is InChI=1S/C41H23N7/c42-24-26-10-8-12-28(22-26)39-44-40(29-13-9-11-27(23-29)25-43)46-41(45-39)48-34-18-6-4-16-31(34)32-20-21-36-37(38(32)48)33-17-5-7-19-35(33)47(36)30-14-2-1-3-15-30/h1-23H. The smallest absolute Gasteiger partial charge is 0.238 e. The first kappa shape index (κ1) is 27.2. The van der Waals surface area contributed by atoms with Gasteiger partial charge in [0.2, 0.25) is 5.95 Å². The highest BCUT2D eigenvalue weighted by molar-refractivity contribution is 6.26. The van der Waals surface area contributed by atoms with E-state index in [4.69, 9.17) is 15.0 Å². The van der Waals surface area contributed by atoms with Gasteiger partial charge in [-0.25, -0.2) is 4.98 Å². The summed E-state index contributed by atoms with van der Waals surface area (Å²) in [5.74, 6) is 1.30. The molecule has 9 rings (SSSR count). The van der Waals surface area contributed by atoms with Gasteiger partial charge in [-0.15, -0.1) is 0 Å². The third-order valence-electron chi connectivity index (χ3n) is 8.81. The monoisotopic (exact) mass is 613 g/mol. The van der Waals surface area contributed by atoms with Gasteiger partial charge in [-0.1, -0.05) is 84.9 Å². The van der Waals surface area contributed by atoms with Crippen LogP contribution < -0.4 is 0 Å². The molecule has 3 heterocycles. The maximum Gasteiger partial charge on any atom is 0.238 e. The third-order valence-corrected chi connectivity index (χ3v) is 8.81. The van der Waals surface area contributed by atoms with E-state index in [2.05, 4.69) is 100 Å². The van der Waals surface area contributed by atoms with E-state index < -0.39 is 0 Å². The van der Waals surface area contributed by atoms with Crippen LogP contribution in [0.15, 0.2) is 140 Å². The molecule has 7 nitrogen and oxygen atoms in total. The highest BCUT2D eigenvalue weighted by Gasteiger charge is 2.23. The van der Waals surface area contributed by atoms with Crippen molar-refractivity contribution in [1.82, 2.24) is 24.1 Å². The van der Waals surface area contributed by atoms with Crippen LogP contribution in [0, 0.1) is 22.7 Å². The predicted molar refractivity (Wildman–Crippen MR) is 189 cm³/mol. The molecule has 0 aliphatic carbocycles. The minimum Gasteiger partial charge on any atom is -0.309 e. The first-order valence-electron chi connectivity index (χ1n) is 15.5. The molecule has 6 aromatic carbocycles. The van der Waals surface area contributed by atoms with Crippen LogP contribution in [0.4, 0.5) is 0 Å². The van der Waals surface area contributed by atoms with Crippen molar-refractivity contribution in [3.63, 3.8) is 0 Å². The zero-order chi connectivity index (χ0) is 32.2. The molecule has 0 N–H and O–H groups in total. The summed E-state index contributed by atoms with van der Waals surface area (Å²) in [7, 11) is 0. The second-order valence-electron chi connectivity index (χ2n) is 11.6. The van der Waals surface area contributed by atoms with Gasteiger partial charge in [-0.3, -0.25) is 4.57 Å². The summed E-state index contributed by atoms with van der Waals surface area (Å²) in [6.45, 7) is 0.